The van der Waals surface area contributed by atoms with Crippen LogP contribution in [0.15, 0.2) is 30.3 Å². The molecule has 3 aliphatic rings. The van der Waals surface area contributed by atoms with E-state index in [9.17, 15) is 23.9 Å². The molecule has 1 aromatic carbocycles. The minimum atomic E-state index is -0.975. The number of benzene rings is 1. The van der Waals surface area contributed by atoms with Crippen molar-refractivity contribution < 1.29 is 33.4 Å². The molecule has 5 rings (SSSR count). The third kappa shape index (κ3) is 6.64. The van der Waals surface area contributed by atoms with Crippen LogP contribution in [0.25, 0.3) is 0 Å². The molecule has 0 aliphatic carbocycles. The number of primary amides is 1. The molecule has 13 heteroatoms. The largest absolute Gasteiger partial charge is 0.474 e. The number of pyridine rings is 1. The molecule has 4 heterocycles. The highest BCUT2D eigenvalue weighted by atomic mass is 19.1. The SMILES string of the molecule is CC1COc2nc(C(N)=O)c(Cc3ccc(F)cc3)cc2N1C(=O)CN1C[C@@H](C)N(C(=O)O)C[C@@H]1CN1[C@H](C)COC[C@H]1C. The zero-order valence-electron chi connectivity index (χ0n) is 25.6. The molecule has 2 saturated heterocycles. The van der Waals surface area contributed by atoms with Crippen LogP contribution in [0.2, 0.25) is 0 Å². The lowest BCUT2D eigenvalue weighted by molar-refractivity contribution is -0.122. The van der Waals surface area contributed by atoms with Crippen molar-refractivity contribution in [3.63, 3.8) is 0 Å². The van der Waals surface area contributed by atoms with Crippen molar-refractivity contribution in [2.24, 2.45) is 5.73 Å². The Labute approximate surface area is 256 Å². The van der Waals surface area contributed by atoms with E-state index >= 15 is 0 Å². The normalized spacial score (nSPS) is 26.2. The van der Waals surface area contributed by atoms with Crippen LogP contribution >= 0.6 is 0 Å². The van der Waals surface area contributed by atoms with Crippen molar-refractivity contribution >= 4 is 23.6 Å². The fourth-order valence-electron chi connectivity index (χ4n) is 6.50. The molecular formula is C31H41FN6O6. The number of carboxylic acid groups (broad SMARTS) is 1. The molecule has 2 fully saturated rings. The van der Waals surface area contributed by atoms with E-state index in [1.54, 1.807) is 23.1 Å². The van der Waals surface area contributed by atoms with Crippen molar-refractivity contribution in [3.8, 4) is 5.88 Å². The number of rotatable bonds is 7. The Balaban J connectivity index is 1.43. The van der Waals surface area contributed by atoms with E-state index in [4.69, 9.17) is 15.2 Å². The Hall–Kier alpha value is -3.81. The summed E-state index contributed by atoms with van der Waals surface area (Å²) >= 11 is 0. The minimum absolute atomic E-state index is 0.0301. The zero-order chi connectivity index (χ0) is 31.7. The van der Waals surface area contributed by atoms with Gasteiger partial charge in [-0.05, 0) is 63.4 Å². The van der Waals surface area contributed by atoms with Crippen molar-refractivity contribution in [2.75, 3.05) is 50.9 Å². The zero-order valence-corrected chi connectivity index (χ0v) is 25.6. The van der Waals surface area contributed by atoms with E-state index in [0.29, 0.717) is 37.6 Å². The second-order valence-electron chi connectivity index (χ2n) is 12.2. The van der Waals surface area contributed by atoms with Crippen molar-refractivity contribution in [1.82, 2.24) is 19.7 Å². The van der Waals surface area contributed by atoms with Crippen LogP contribution in [-0.2, 0) is 16.0 Å². The first-order valence-electron chi connectivity index (χ1n) is 15.0. The van der Waals surface area contributed by atoms with Crippen LogP contribution in [0.3, 0.4) is 0 Å². The molecule has 1 aromatic heterocycles. The molecule has 0 saturated carbocycles. The molecule has 44 heavy (non-hydrogen) atoms. The number of anilines is 1. The number of nitrogens with two attached hydrogens (primary N) is 1. The highest BCUT2D eigenvalue weighted by molar-refractivity contribution is 5.99. The minimum Gasteiger partial charge on any atom is -0.474 e. The monoisotopic (exact) mass is 612 g/mol. The van der Waals surface area contributed by atoms with Crippen molar-refractivity contribution in [3.05, 3.63) is 53.0 Å². The lowest BCUT2D eigenvalue weighted by atomic mass is 10.0. The summed E-state index contributed by atoms with van der Waals surface area (Å²) in [5.74, 6) is -1.15. The van der Waals surface area contributed by atoms with Gasteiger partial charge in [-0.1, -0.05) is 12.1 Å². The Morgan fingerprint density at radius 1 is 1.00 bits per heavy atom. The van der Waals surface area contributed by atoms with Crippen LogP contribution in [-0.4, -0.2) is 119 Å². The number of hydrogen-bond donors (Lipinski definition) is 2. The van der Waals surface area contributed by atoms with Gasteiger partial charge in [0.15, 0.2) is 0 Å². The predicted octanol–water partition coefficient (Wildman–Crippen LogP) is 2.19. The van der Waals surface area contributed by atoms with Crippen LogP contribution in [0.4, 0.5) is 14.9 Å². The van der Waals surface area contributed by atoms with Crippen molar-refractivity contribution in [1.29, 1.82) is 0 Å². The van der Waals surface area contributed by atoms with Gasteiger partial charge in [0.25, 0.3) is 5.91 Å². The molecule has 5 atom stereocenters. The number of fused-ring (bicyclic) bond motifs is 1. The third-order valence-electron chi connectivity index (χ3n) is 8.83. The van der Waals surface area contributed by atoms with Gasteiger partial charge in [-0.2, -0.15) is 0 Å². The number of halogens is 1. The molecule has 3 amide bonds. The second kappa shape index (κ2) is 13.0. The highest BCUT2D eigenvalue weighted by Crippen LogP contribution is 2.35. The molecular weight excluding hydrogens is 571 g/mol. The summed E-state index contributed by atoms with van der Waals surface area (Å²) in [5.41, 5.74) is 7.37. The van der Waals surface area contributed by atoms with E-state index in [0.717, 1.165) is 5.56 Å². The maximum Gasteiger partial charge on any atom is 0.407 e. The van der Waals surface area contributed by atoms with E-state index in [2.05, 4.69) is 28.6 Å². The number of piperazine rings is 1. The number of aromatic nitrogens is 1. The predicted molar refractivity (Wildman–Crippen MR) is 160 cm³/mol. The topological polar surface area (TPSA) is 142 Å². The number of nitrogens with zero attached hydrogens (tertiary/aromatic N) is 5. The van der Waals surface area contributed by atoms with Crippen LogP contribution in [0.1, 0.15) is 49.3 Å². The molecule has 3 aliphatic heterocycles. The molecule has 3 N–H and O–H groups in total. The van der Waals surface area contributed by atoms with Gasteiger partial charge in [0.1, 0.15) is 23.8 Å². The van der Waals surface area contributed by atoms with Crippen LogP contribution in [0, 0.1) is 5.82 Å². The third-order valence-corrected chi connectivity index (χ3v) is 8.83. The Morgan fingerprint density at radius 2 is 1.68 bits per heavy atom. The van der Waals surface area contributed by atoms with E-state index < -0.39 is 12.0 Å². The Bertz CT molecular complexity index is 1380. The Kier molecular flexibility index (Phi) is 9.37. The molecule has 0 bridgehead atoms. The quantitative estimate of drug-likeness (QED) is 0.481. The maximum absolute atomic E-state index is 14.2. The summed E-state index contributed by atoms with van der Waals surface area (Å²) in [7, 11) is 0. The van der Waals surface area contributed by atoms with Crippen molar-refractivity contribution in [2.45, 2.75) is 64.3 Å². The highest BCUT2D eigenvalue weighted by Gasteiger charge is 2.40. The van der Waals surface area contributed by atoms with Gasteiger partial charge in [0, 0.05) is 43.8 Å². The molecule has 2 aromatic rings. The second-order valence-corrected chi connectivity index (χ2v) is 12.2. The van der Waals surface area contributed by atoms with E-state index in [1.807, 2.05) is 13.8 Å². The van der Waals surface area contributed by atoms with Gasteiger partial charge in [-0.15, -0.1) is 0 Å². The fourth-order valence-corrected chi connectivity index (χ4v) is 6.50. The van der Waals surface area contributed by atoms with Gasteiger partial charge in [-0.25, -0.2) is 14.2 Å². The number of carbonyl (C=O) groups is 3. The summed E-state index contributed by atoms with van der Waals surface area (Å²) in [6.07, 6.45) is -0.723. The van der Waals surface area contributed by atoms with Crippen LogP contribution < -0.4 is 15.4 Å². The molecule has 1 unspecified atom stereocenters. The molecule has 0 radical (unpaired) electrons. The van der Waals surface area contributed by atoms with Gasteiger partial charge in [0.2, 0.25) is 11.8 Å². The summed E-state index contributed by atoms with van der Waals surface area (Å²) < 4.78 is 25.1. The van der Waals surface area contributed by atoms with Gasteiger partial charge in [-0.3, -0.25) is 19.4 Å². The lowest BCUT2D eigenvalue weighted by Gasteiger charge is -2.48. The number of hydrogen-bond acceptors (Lipinski definition) is 8. The maximum atomic E-state index is 14.2. The van der Waals surface area contributed by atoms with E-state index in [1.165, 1.54) is 17.0 Å². The first kappa shape index (κ1) is 31.6. The Morgan fingerprint density at radius 3 is 2.32 bits per heavy atom. The van der Waals surface area contributed by atoms with E-state index in [-0.39, 0.29) is 79.6 Å². The summed E-state index contributed by atoms with van der Waals surface area (Å²) in [5, 5.41) is 9.89. The summed E-state index contributed by atoms with van der Waals surface area (Å²) in [6, 6.07) is 7.10. The van der Waals surface area contributed by atoms with Gasteiger partial charge >= 0.3 is 6.09 Å². The molecule has 0 spiro atoms. The standard InChI is InChI=1S/C31H41FN6O6/c1-18-11-35(25(13-37(18)31(41)42)12-36-19(2)15-43-16-20(36)3)14-27(39)38-21(4)17-44-30-26(38)10-23(28(34-30)29(33)40)9-22-5-7-24(32)8-6-22/h5-8,10,18-21,25H,9,11-17H2,1-4H3,(H2,33,40)(H,41,42)/t18-,19-,20-,21?,25+/m1/s1. The first-order chi connectivity index (χ1) is 20.9. The summed E-state index contributed by atoms with van der Waals surface area (Å²) in [4.78, 5) is 50.5. The molecule has 12 nitrogen and oxygen atoms in total. The number of ether oxygens (including phenoxy) is 2. The number of amides is 3. The summed E-state index contributed by atoms with van der Waals surface area (Å²) in [6.45, 7) is 10.6. The van der Waals surface area contributed by atoms with Gasteiger partial charge < -0.3 is 30.1 Å². The average Bonchev–Trinajstić information content (AvgIpc) is 2.96. The number of carbonyl (C=O) groups excluding carboxylic acids is 2. The molecule has 238 valence electrons. The number of morpholine rings is 1. The van der Waals surface area contributed by atoms with Crippen LogP contribution in [0.5, 0.6) is 5.88 Å². The fraction of sp³-hybridized carbons (Fsp3) is 0.548. The lowest BCUT2D eigenvalue weighted by Crippen LogP contribution is -2.65. The first-order valence-corrected chi connectivity index (χ1v) is 15.0. The smallest absolute Gasteiger partial charge is 0.407 e. The average molecular weight is 613 g/mol. The van der Waals surface area contributed by atoms with Gasteiger partial charge in [0.05, 0.1) is 25.8 Å².